The third kappa shape index (κ3) is 10.0. The number of ether oxygens (including phenoxy) is 4. The monoisotopic (exact) mass is 611 g/mol. The largest absolute Gasteiger partial charge is 0.446 e. The van der Waals surface area contributed by atoms with Gasteiger partial charge in [-0.3, -0.25) is 4.90 Å². The average molecular weight is 612 g/mol. The van der Waals surface area contributed by atoms with Gasteiger partial charge in [0.15, 0.2) is 0 Å². The molecule has 3 aromatic rings. The van der Waals surface area contributed by atoms with Crippen LogP contribution in [0, 0.1) is 0 Å². The van der Waals surface area contributed by atoms with E-state index < -0.39 is 0 Å². The van der Waals surface area contributed by atoms with Crippen molar-refractivity contribution in [3.05, 3.63) is 120 Å². The second kappa shape index (κ2) is 17.9. The van der Waals surface area contributed by atoms with E-state index in [1.165, 1.54) is 25.7 Å². The highest BCUT2D eigenvalue weighted by molar-refractivity contribution is 5.70. The molecule has 0 radical (unpaired) electrons. The molecule has 0 aromatic heterocycles. The Hall–Kier alpha value is -3.45. The SMILES string of the molecule is CCCCCC/C=C/C[C@@H]1C[C@@H]2C[C@@H](OCc3ccccc3)[C@H](OCc3ccccc3)[C@H](COCc3ccccc3)N2C(=O)O1. The molecule has 0 saturated carbocycles. The van der Waals surface area contributed by atoms with Crippen molar-refractivity contribution >= 4 is 6.09 Å². The molecule has 2 heterocycles. The predicted octanol–water partition coefficient (Wildman–Crippen LogP) is 8.64. The molecular weight excluding hydrogens is 562 g/mol. The number of carbonyl (C=O) groups excluding carboxylic acids is 1. The van der Waals surface area contributed by atoms with Crippen LogP contribution in [0.5, 0.6) is 0 Å². The predicted molar refractivity (Wildman–Crippen MR) is 178 cm³/mol. The van der Waals surface area contributed by atoms with Gasteiger partial charge in [0.2, 0.25) is 0 Å². The summed E-state index contributed by atoms with van der Waals surface area (Å²) in [7, 11) is 0. The van der Waals surface area contributed by atoms with E-state index >= 15 is 0 Å². The molecule has 6 heteroatoms. The Balaban J connectivity index is 1.32. The van der Waals surface area contributed by atoms with Crippen molar-refractivity contribution in [3.63, 3.8) is 0 Å². The Morgan fingerprint density at radius 1 is 0.756 bits per heavy atom. The molecule has 5 rings (SSSR count). The van der Waals surface area contributed by atoms with Crippen molar-refractivity contribution in [3.8, 4) is 0 Å². The number of carbonyl (C=O) groups is 1. The Morgan fingerprint density at radius 2 is 1.38 bits per heavy atom. The number of unbranched alkanes of at least 4 members (excludes halogenated alkanes) is 4. The third-order valence-corrected chi connectivity index (χ3v) is 8.80. The topological polar surface area (TPSA) is 57.2 Å². The fraction of sp³-hybridized carbons (Fsp3) is 0.462. The molecule has 2 aliphatic rings. The summed E-state index contributed by atoms with van der Waals surface area (Å²) in [5.41, 5.74) is 3.28. The van der Waals surface area contributed by atoms with Crippen LogP contribution < -0.4 is 0 Å². The molecule has 0 unspecified atom stereocenters. The van der Waals surface area contributed by atoms with Crippen molar-refractivity contribution in [1.82, 2.24) is 4.90 Å². The van der Waals surface area contributed by atoms with E-state index in [1.54, 1.807) is 0 Å². The van der Waals surface area contributed by atoms with Crippen LogP contribution in [0.2, 0.25) is 0 Å². The fourth-order valence-corrected chi connectivity index (χ4v) is 6.41. The summed E-state index contributed by atoms with van der Waals surface area (Å²) in [5, 5.41) is 0. The first-order valence-corrected chi connectivity index (χ1v) is 16.8. The Kier molecular flexibility index (Phi) is 13.1. The number of fused-ring (bicyclic) bond motifs is 1. The number of piperidine rings is 1. The second-order valence-electron chi connectivity index (χ2n) is 12.3. The van der Waals surface area contributed by atoms with Gasteiger partial charge in [-0.05, 0) is 36.0 Å². The zero-order valence-corrected chi connectivity index (χ0v) is 26.7. The molecule has 0 spiro atoms. The first kappa shape index (κ1) is 32.9. The summed E-state index contributed by atoms with van der Waals surface area (Å²) in [6.45, 7) is 3.92. The highest BCUT2D eigenvalue weighted by Crippen LogP contribution is 2.36. The summed E-state index contributed by atoms with van der Waals surface area (Å²) in [6.07, 6.45) is 11.7. The quantitative estimate of drug-likeness (QED) is 0.113. The maximum Gasteiger partial charge on any atom is 0.410 e. The van der Waals surface area contributed by atoms with E-state index in [9.17, 15) is 4.79 Å². The maximum atomic E-state index is 13.7. The maximum absolute atomic E-state index is 13.7. The molecule has 0 N–H and O–H groups in total. The Labute approximate surface area is 269 Å². The van der Waals surface area contributed by atoms with Crippen molar-refractivity contribution in [1.29, 1.82) is 0 Å². The van der Waals surface area contributed by atoms with Gasteiger partial charge < -0.3 is 18.9 Å². The van der Waals surface area contributed by atoms with Gasteiger partial charge in [0.25, 0.3) is 0 Å². The molecule has 3 aromatic carbocycles. The number of nitrogens with zero attached hydrogens (tertiary/aromatic N) is 1. The zero-order valence-electron chi connectivity index (χ0n) is 26.7. The van der Waals surface area contributed by atoms with Crippen LogP contribution in [0.15, 0.2) is 103 Å². The molecule has 2 aliphatic heterocycles. The Morgan fingerprint density at radius 3 is 2.02 bits per heavy atom. The summed E-state index contributed by atoms with van der Waals surface area (Å²) in [4.78, 5) is 15.6. The minimum Gasteiger partial charge on any atom is -0.446 e. The number of allylic oxidation sites excluding steroid dienone is 1. The average Bonchev–Trinajstić information content (AvgIpc) is 3.07. The van der Waals surface area contributed by atoms with Crippen molar-refractivity contribution < 1.29 is 23.7 Å². The number of rotatable bonds is 17. The highest BCUT2D eigenvalue weighted by atomic mass is 16.6. The van der Waals surface area contributed by atoms with Gasteiger partial charge in [-0.1, -0.05) is 129 Å². The van der Waals surface area contributed by atoms with E-state index in [0.29, 0.717) is 32.8 Å². The number of amides is 1. The molecule has 1 amide bonds. The lowest BCUT2D eigenvalue weighted by Gasteiger charge is -2.51. The molecule has 5 atom stereocenters. The van der Waals surface area contributed by atoms with Crippen LogP contribution in [0.1, 0.15) is 75.0 Å². The summed E-state index contributed by atoms with van der Waals surface area (Å²) in [6, 6.07) is 30.2. The van der Waals surface area contributed by atoms with Gasteiger partial charge in [0.1, 0.15) is 12.2 Å². The smallest absolute Gasteiger partial charge is 0.410 e. The molecule has 240 valence electrons. The van der Waals surface area contributed by atoms with E-state index in [1.807, 2.05) is 59.5 Å². The van der Waals surface area contributed by atoms with Crippen molar-refractivity contribution in [2.45, 2.75) is 109 Å². The molecular formula is C39H49NO5. The summed E-state index contributed by atoms with van der Waals surface area (Å²) >= 11 is 0. The number of hydrogen-bond donors (Lipinski definition) is 0. The first-order valence-electron chi connectivity index (χ1n) is 16.8. The summed E-state index contributed by atoms with van der Waals surface area (Å²) < 4.78 is 25.7. The van der Waals surface area contributed by atoms with E-state index in [4.69, 9.17) is 18.9 Å². The van der Waals surface area contributed by atoms with Crippen LogP contribution in [0.4, 0.5) is 4.79 Å². The van der Waals surface area contributed by atoms with Gasteiger partial charge in [0.05, 0.1) is 38.6 Å². The zero-order chi connectivity index (χ0) is 31.1. The second-order valence-corrected chi connectivity index (χ2v) is 12.3. The summed E-state index contributed by atoms with van der Waals surface area (Å²) in [5.74, 6) is 0. The van der Waals surface area contributed by atoms with E-state index in [2.05, 4.69) is 55.5 Å². The number of hydrogen-bond acceptors (Lipinski definition) is 5. The molecule has 2 saturated heterocycles. The standard InChI is InChI=1S/C39H49NO5/c1-2-3-4-5-6-7-17-24-35-25-34-26-37(43-28-32-20-13-9-14-21-32)38(44-29-33-22-15-10-16-23-33)36(40(34)39(41)45-35)30-42-27-31-18-11-8-12-19-31/h7-23,34-38H,2-6,24-30H2,1H3/b17-7+/t34-,35-,36+,37-,38-/m1/s1. The molecule has 6 nitrogen and oxygen atoms in total. The van der Waals surface area contributed by atoms with Crippen molar-refractivity contribution in [2.24, 2.45) is 0 Å². The molecule has 0 bridgehead atoms. The first-order chi connectivity index (χ1) is 22.2. The molecule has 45 heavy (non-hydrogen) atoms. The van der Waals surface area contributed by atoms with Gasteiger partial charge in [-0.15, -0.1) is 0 Å². The molecule has 0 aliphatic carbocycles. The van der Waals surface area contributed by atoms with Crippen LogP contribution in [-0.2, 0) is 38.8 Å². The van der Waals surface area contributed by atoms with Gasteiger partial charge >= 0.3 is 6.09 Å². The molecule has 2 fully saturated rings. The lowest BCUT2D eigenvalue weighted by Crippen LogP contribution is -2.66. The van der Waals surface area contributed by atoms with E-state index in [0.717, 1.165) is 36.0 Å². The third-order valence-electron chi connectivity index (χ3n) is 8.80. The van der Waals surface area contributed by atoms with Crippen LogP contribution >= 0.6 is 0 Å². The van der Waals surface area contributed by atoms with Crippen LogP contribution in [0.3, 0.4) is 0 Å². The number of cyclic esters (lactones) is 1. The number of benzene rings is 3. The minimum absolute atomic E-state index is 0.0168. The lowest BCUT2D eigenvalue weighted by atomic mass is 9.86. The van der Waals surface area contributed by atoms with E-state index in [-0.39, 0.29) is 36.5 Å². The highest BCUT2D eigenvalue weighted by Gasteiger charge is 2.50. The van der Waals surface area contributed by atoms with Gasteiger partial charge in [-0.25, -0.2) is 4.79 Å². The normalized spacial score (nSPS) is 23.2. The Bertz CT molecular complexity index is 1280. The van der Waals surface area contributed by atoms with Crippen molar-refractivity contribution in [2.75, 3.05) is 6.61 Å². The van der Waals surface area contributed by atoms with Crippen LogP contribution in [-0.4, -0.2) is 48.0 Å². The fourth-order valence-electron chi connectivity index (χ4n) is 6.41. The van der Waals surface area contributed by atoms with Gasteiger partial charge in [-0.2, -0.15) is 0 Å². The van der Waals surface area contributed by atoms with Crippen LogP contribution in [0.25, 0.3) is 0 Å². The minimum atomic E-state index is -0.381. The lowest BCUT2D eigenvalue weighted by molar-refractivity contribution is -0.177. The van der Waals surface area contributed by atoms with Gasteiger partial charge in [0, 0.05) is 18.9 Å².